The van der Waals surface area contributed by atoms with E-state index < -0.39 is 15.1 Å². The number of pyridine rings is 1. The molecule has 2 N–H and O–H groups in total. The summed E-state index contributed by atoms with van der Waals surface area (Å²) in [4.78, 5) is 17.3. The van der Waals surface area contributed by atoms with E-state index in [1.165, 1.54) is 4.68 Å². The van der Waals surface area contributed by atoms with Crippen molar-refractivity contribution in [3.05, 3.63) is 76.3 Å². The van der Waals surface area contributed by atoms with E-state index in [4.69, 9.17) is 0 Å². The fraction of sp³-hybridized carbons (Fsp3) is 0.176. The molecule has 8 heteroatoms. The van der Waals surface area contributed by atoms with Crippen LogP contribution in [0, 0.1) is 0 Å². The maximum Gasteiger partial charge on any atom is 0.277 e. The highest BCUT2D eigenvalue weighted by atomic mass is 32.2. The van der Waals surface area contributed by atoms with Crippen LogP contribution >= 0.6 is 0 Å². The Labute approximate surface area is 144 Å². The number of aromatic amines is 1. The molecule has 1 aliphatic rings. The maximum atomic E-state index is 13.0. The van der Waals surface area contributed by atoms with Gasteiger partial charge in [-0.25, -0.2) is 18.1 Å². The summed E-state index contributed by atoms with van der Waals surface area (Å²) in [5.74, 6) is 0.428. The zero-order chi connectivity index (χ0) is 17.4. The number of hydrogen-bond acceptors (Lipinski definition) is 5. The molecule has 4 rings (SSSR count). The lowest BCUT2D eigenvalue weighted by Crippen LogP contribution is -2.35. The van der Waals surface area contributed by atoms with E-state index >= 15 is 0 Å². The van der Waals surface area contributed by atoms with Gasteiger partial charge in [-0.05, 0) is 24.3 Å². The lowest BCUT2D eigenvalue weighted by atomic mass is 10.1. The first-order valence-electron chi connectivity index (χ1n) is 7.84. The second kappa shape index (κ2) is 5.98. The van der Waals surface area contributed by atoms with E-state index in [9.17, 15) is 13.2 Å². The molecule has 0 amide bonds. The molecule has 0 radical (unpaired) electrons. The second-order valence-electron chi connectivity index (χ2n) is 5.81. The number of nitrogens with zero attached hydrogens (tertiary/aromatic N) is 2. The largest absolute Gasteiger partial charge is 0.310 e. The van der Waals surface area contributed by atoms with Crippen molar-refractivity contribution in [2.24, 2.45) is 0 Å². The molecule has 25 heavy (non-hydrogen) atoms. The standard InChI is InChI=1S/C17H16N4O3S/c22-17-16-13(20-21(17)15-8-4-5-9-19-15)10-18-11-14(16)25(23,24)12-6-2-1-3-7-12/h1-9,14,18,20H,10-11H2. The number of aromatic nitrogens is 3. The van der Waals surface area contributed by atoms with Crippen LogP contribution in [0.3, 0.4) is 0 Å². The molecule has 1 unspecified atom stereocenters. The van der Waals surface area contributed by atoms with Crippen molar-refractivity contribution < 1.29 is 8.42 Å². The van der Waals surface area contributed by atoms with Crippen molar-refractivity contribution in [1.82, 2.24) is 20.1 Å². The van der Waals surface area contributed by atoms with Crippen LogP contribution in [0.1, 0.15) is 16.5 Å². The molecule has 128 valence electrons. The fourth-order valence-electron chi connectivity index (χ4n) is 3.08. The van der Waals surface area contributed by atoms with Crippen LogP contribution < -0.4 is 10.9 Å². The summed E-state index contributed by atoms with van der Waals surface area (Å²) in [5, 5.41) is 5.12. The minimum atomic E-state index is -3.68. The predicted octanol–water partition coefficient (Wildman–Crippen LogP) is 1.18. The monoisotopic (exact) mass is 356 g/mol. The summed E-state index contributed by atoms with van der Waals surface area (Å²) < 4.78 is 27.4. The number of fused-ring (bicyclic) bond motifs is 1. The first kappa shape index (κ1) is 15.8. The van der Waals surface area contributed by atoms with E-state index in [2.05, 4.69) is 15.4 Å². The molecule has 0 fully saturated rings. The van der Waals surface area contributed by atoms with Gasteiger partial charge < -0.3 is 5.32 Å². The first-order chi connectivity index (χ1) is 12.1. The molecule has 2 aromatic heterocycles. The summed E-state index contributed by atoms with van der Waals surface area (Å²) in [6.07, 6.45) is 1.58. The van der Waals surface area contributed by atoms with E-state index in [1.54, 1.807) is 54.7 Å². The Morgan fingerprint density at radius 3 is 2.56 bits per heavy atom. The summed E-state index contributed by atoms with van der Waals surface area (Å²) >= 11 is 0. The number of hydrogen-bond donors (Lipinski definition) is 2. The molecule has 3 heterocycles. The summed E-state index contributed by atoms with van der Waals surface area (Å²) in [5.41, 5.74) is 0.486. The number of nitrogens with one attached hydrogen (secondary N) is 2. The van der Waals surface area contributed by atoms with Gasteiger partial charge in [-0.15, -0.1) is 0 Å². The van der Waals surface area contributed by atoms with E-state index in [0.29, 0.717) is 18.1 Å². The first-order valence-corrected chi connectivity index (χ1v) is 9.38. The highest BCUT2D eigenvalue weighted by Crippen LogP contribution is 2.30. The molecule has 7 nitrogen and oxygen atoms in total. The summed E-state index contributed by atoms with van der Waals surface area (Å²) in [6, 6.07) is 13.4. The Morgan fingerprint density at radius 1 is 1.08 bits per heavy atom. The predicted molar refractivity (Wildman–Crippen MR) is 92.3 cm³/mol. The van der Waals surface area contributed by atoms with Gasteiger partial charge in [0.2, 0.25) is 0 Å². The lowest BCUT2D eigenvalue weighted by molar-refractivity contribution is 0.552. The third-order valence-electron chi connectivity index (χ3n) is 4.28. The average molecular weight is 356 g/mol. The lowest BCUT2D eigenvalue weighted by Gasteiger charge is -2.22. The number of H-pyrrole nitrogens is 1. The Balaban J connectivity index is 1.87. The van der Waals surface area contributed by atoms with Crippen molar-refractivity contribution in [3.8, 4) is 5.82 Å². The Bertz CT molecular complexity index is 1060. The van der Waals surface area contributed by atoms with E-state index in [-0.39, 0.29) is 22.6 Å². The second-order valence-corrected chi connectivity index (χ2v) is 7.94. The van der Waals surface area contributed by atoms with Crippen molar-refractivity contribution >= 4 is 9.84 Å². The highest BCUT2D eigenvalue weighted by Gasteiger charge is 2.37. The quantitative estimate of drug-likeness (QED) is 0.734. The summed E-state index contributed by atoms with van der Waals surface area (Å²) in [7, 11) is -3.68. The molecule has 0 saturated carbocycles. The molecule has 0 bridgehead atoms. The van der Waals surface area contributed by atoms with Crippen LogP contribution in [-0.4, -0.2) is 29.7 Å². The minimum Gasteiger partial charge on any atom is -0.310 e. The van der Waals surface area contributed by atoms with Gasteiger partial charge in [-0.2, -0.15) is 0 Å². The zero-order valence-electron chi connectivity index (χ0n) is 13.2. The maximum absolute atomic E-state index is 13.0. The van der Waals surface area contributed by atoms with Gasteiger partial charge in [0.15, 0.2) is 15.7 Å². The van der Waals surface area contributed by atoms with Crippen molar-refractivity contribution in [3.63, 3.8) is 0 Å². The van der Waals surface area contributed by atoms with Crippen LogP contribution in [0.2, 0.25) is 0 Å². The zero-order valence-corrected chi connectivity index (χ0v) is 14.0. The Hall–Kier alpha value is -2.71. The van der Waals surface area contributed by atoms with Crippen molar-refractivity contribution in [1.29, 1.82) is 0 Å². The molecule has 3 aromatic rings. The SMILES string of the molecule is O=c1c2c([nH]n1-c1ccccn1)CNCC2S(=O)(=O)c1ccccc1. The third-order valence-corrected chi connectivity index (χ3v) is 6.36. The highest BCUT2D eigenvalue weighted by molar-refractivity contribution is 7.91. The van der Waals surface area contributed by atoms with Gasteiger partial charge in [0.25, 0.3) is 5.56 Å². The molecule has 0 spiro atoms. The van der Waals surface area contributed by atoms with Crippen LogP contribution in [0.5, 0.6) is 0 Å². The molecular formula is C17H16N4O3S. The topological polar surface area (TPSA) is 96.8 Å². The third kappa shape index (κ3) is 2.59. The van der Waals surface area contributed by atoms with Gasteiger partial charge in [-0.3, -0.25) is 9.89 Å². The molecular weight excluding hydrogens is 340 g/mol. The molecule has 0 saturated heterocycles. The van der Waals surface area contributed by atoms with Crippen LogP contribution in [0.25, 0.3) is 5.82 Å². The Morgan fingerprint density at radius 2 is 1.84 bits per heavy atom. The van der Waals surface area contributed by atoms with Gasteiger partial charge in [0, 0.05) is 19.3 Å². The van der Waals surface area contributed by atoms with Crippen molar-refractivity contribution in [2.45, 2.75) is 16.7 Å². The van der Waals surface area contributed by atoms with Crippen LogP contribution in [0.15, 0.2) is 64.4 Å². The van der Waals surface area contributed by atoms with E-state index in [0.717, 1.165) is 0 Å². The average Bonchev–Trinajstić information content (AvgIpc) is 3.00. The Kier molecular flexibility index (Phi) is 3.78. The van der Waals surface area contributed by atoms with Gasteiger partial charge in [0.05, 0.1) is 16.2 Å². The van der Waals surface area contributed by atoms with Crippen LogP contribution in [-0.2, 0) is 16.4 Å². The normalized spacial score (nSPS) is 17.2. The van der Waals surface area contributed by atoms with Gasteiger partial charge >= 0.3 is 0 Å². The fourth-order valence-corrected chi connectivity index (χ4v) is 4.83. The number of benzene rings is 1. The number of sulfone groups is 1. The molecule has 1 aromatic carbocycles. The van der Waals surface area contributed by atoms with Crippen molar-refractivity contribution in [2.75, 3.05) is 6.54 Å². The van der Waals surface area contributed by atoms with Gasteiger partial charge in [-0.1, -0.05) is 24.3 Å². The smallest absolute Gasteiger partial charge is 0.277 e. The minimum absolute atomic E-state index is 0.194. The molecule has 0 aliphatic carbocycles. The van der Waals surface area contributed by atoms with Crippen LogP contribution in [0.4, 0.5) is 0 Å². The number of rotatable bonds is 3. The molecule has 1 aliphatic heterocycles. The van der Waals surface area contributed by atoms with E-state index in [1.807, 2.05) is 0 Å². The van der Waals surface area contributed by atoms with Gasteiger partial charge in [0.1, 0.15) is 5.25 Å². The summed E-state index contributed by atoms with van der Waals surface area (Å²) in [6.45, 7) is 0.602. The molecule has 1 atom stereocenters.